The fraction of sp³-hybridized carbons (Fsp3) is 0.0833. The summed E-state index contributed by atoms with van der Waals surface area (Å²) < 4.78 is 5.56. The summed E-state index contributed by atoms with van der Waals surface area (Å²) in [5, 5.41) is 0.522. The molecule has 0 aromatic carbocycles. The van der Waals surface area contributed by atoms with Gasteiger partial charge >= 0.3 is 0 Å². The number of ether oxygens (including phenoxy) is 1. The third-order valence-corrected chi connectivity index (χ3v) is 2.60. The van der Waals surface area contributed by atoms with Gasteiger partial charge in [0.25, 0.3) is 0 Å². The highest BCUT2D eigenvalue weighted by Gasteiger charge is 2.06. The largest absolute Gasteiger partial charge is 0.487 e. The number of halogens is 1. The SMILES string of the molecule is NC(=S)c1ncccc1COc1cncc(Cl)c1. The van der Waals surface area contributed by atoms with Gasteiger partial charge in [0.15, 0.2) is 0 Å². The highest BCUT2D eigenvalue weighted by molar-refractivity contribution is 7.80. The van der Waals surface area contributed by atoms with Crippen LogP contribution in [0.5, 0.6) is 5.75 Å². The molecule has 0 unspecified atom stereocenters. The van der Waals surface area contributed by atoms with E-state index in [9.17, 15) is 0 Å². The fourth-order valence-corrected chi connectivity index (χ4v) is 1.76. The van der Waals surface area contributed by atoms with E-state index in [1.54, 1.807) is 30.7 Å². The minimum atomic E-state index is 0.249. The van der Waals surface area contributed by atoms with Crippen LogP contribution in [0.15, 0.2) is 36.8 Å². The maximum Gasteiger partial charge on any atom is 0.139 e. The molecule has 0 fully saturated rings. The van der Waals surface area contributed by atoms with Crippen molar-refractivity contribution in [1.82, 2.24) is 9.97 Å². The van der Waals surface area contributed by atoms with Crippen molar-refractivity contribution in [3.8, 4) is 5.75 Å². The van der Waals surface area contributed by atoms with Crippen molar-refractivity contribution in [2.75, 3.05) is 0 Å². The Morgan fingerprint density at radius 2 is 2.28 bits per heavy atom. The predicted molar refractivity (Wildman–Crippen MR) is 73.7 cm³/mol. The van der Waals surface area contributed by atoms with Crippen molar-refractivity contribution in [1.29, 1.82) is 0 Å². The summed E-state index contributed by atoms with van der Waals surface area (Å²) >= 11 is 10.7. The third-order valence-electron chi connectivity index (χ3n) is 2.20. The molecule has 4 nitrogen and oxygen atoms in total. The zero-order valence-electron chi connectivity index (χ0n) is 9.34. The van der Waals surface area contributed by atoms with Crippen LogP contribution in [-0.2, 0) is 6.61 Å². The molecule has 18 heavy (non-hydrogen) atoms. The van der Waals surface area contributed by atoms with Crippen molar-refractivity contribution >= 4 is 28.8 Å². The number of thiocarbonyl (C=S) groups is 1. The smallest absolute Gasteiger partial charge is 0.139 e. The van der Waals surface area contributed by atoms with Gasteiger partial charge < -0.3 is 10.5 Å². The quantitative estimate of drug-likeness (QED) is 0.871. The Balaban J connectivity index is 2.13. The first-order valence-electron chi connectivity index (χ1n) is 5.14. The summed E-state index contributed by atoms with van der Waals surface area (Å²) in [6, 6.07) is 5.35. The fourth-order valence-electron chi connectivity index (χ4n) is 1.41. The Morgan fingerprint density at radius 3 is 3.00 bits per heavy atom. The number of aromatic nitrogens is 2. The molecule has 0 bridgehead atoms. The van der Waals surface area contributed by atoms with E-state index in [0.29, 0.717) is 23.1 Å². The van der Waals surface area contributed by atoms with Crippen LogP contribution in [0.3, 0.4) is 0 Å². The second-order valence-corrected chi connectivity index (χ2v) is 4.38. The van der Waals surface area contributed by atoms with E-state index in [1.165, 1.54) is 0 Å². The average molecular weight is 280 g/mol. The third kappa shape index (κ3) is 3.15. The molecule has 2 N–H and O–H groups in total. The maximum atomic E-state index is 5.81. The van der Waals surface area contributed by atoms with Crippen LogP contribution in [0.25, 0.3) is 0 Å². The Kier molecular flexibility index (Phi) is 4.07. The Labute approximate surface area is 115 Å². The van der Waals surface area contributed by atoms with Crippen LogP contribution < -0.4 is 10.5 Å². The summed E-state index contributed by atoms with van der Waals surface area (Å²) in [6.07, 6.45) is 4.76. The molecule has 0 amide bonds. The molecular weight excluding hydrogens is 270 g/mol. The molecule has 6 heteroatoms. The molecule has 0 atom stereocenters. The minimum absolute atomic E-state index is 0.249. The number of hydrogen-bond acceptors (Lipinski definition) is 4. The van der Waals surface area contributed by atoms with Gasteiger partial charge in [0, 0.05) is 24.0 Å². The Hall–Kier alpha value is -1.72. The van der Waals surface area contributed by atoms with Crippen LogP contribution >= 0.6 is 23.8 Å². The highest BCUT2D eigenvalue weighted by Crippen LogP contribution is 2.17. The molecule has 0 aliphatic rings. The van der Waals surface area contributed by atoms with Crippen molar-refractivity contribution in [2.24, 2.45) is 5.73 Å². The summed E-state index contributed by atoms with van der Waals surface area (Å²) in [4.78, 5) is 8.30. The van der Waals surface area contributed by atoms with Crippen LogP contribution in [0, 0.1) is 0 Å². The van der Waals surface area contributed by atoms with Gasteiger partial charge in [-0.05, 0) is 6.07 Å². The van der Waals surface area contributed by atoms with E-state index >= 15 is 0 Å². The zero-order chi connectivity index (χ0) is 13.0. The zero-order valence-corrected chi connectivity index (χ0v) is 10.9. The lowest BCUT2D eigenvalue weighted by Gasteiger charge is -2.09. The Morgan fingerprint density at radius 1 is 1.44 bits per heavy atom. The van der Waals surface area contributed by atoms with Crippen molar-refractivity contribution in [2.45, 2.75) is 6.61 Å². The topological polar surface area (TPSA) is 61.0 Å². The molecule has 0 spiro atoms. The van der Waals surface area contributed by atoms with Crippen molar-refractivity contribution < 1.29 is 4.74 Å². The van der Waals surface area contributed by atoms with Gasteiger partial charge in [0.1, 0.15) is 23.0 Å². The minimum Gasteiger partial charge on any atom is -0.487 e. The van der Waals surface area contributed by atoms with E-state index in [1.807, 2.05) is 6.07 Å². The van der Waals surface area contributed by atoms with Crippen LogP contribution in [-0.4, -0.2) is 15.0 Å². The van der Waals surface area contributed by atoms with Crippen molar-refractivity contribution in [3.05, 3.63) is 53.1 Å². The van der Waals surface area contributed by atoms with Gasteiger partial charge in [-0.2, -0.15) is 0 Å². The second kappa shape index (κ2) is 5.75. The molecule has 2 heterocycles. The lowest BCUT2D eigenvalue weighted by molar-refractivity contribution is 0.304. The van der Waals surface area contributed by atoms with E-state index in [2.05, 4.69) is 9.97 Å². The molecule has 0 saturated heterocycles. The van der Waals surface area contributed by atoms with Crippen molar-refractivity contribution in [3.63, 3.8) is 0 Å². The van der Waals surface area contributed by atoms with Gasteiger partial charge in [0.2, 0.25) is 0 Å². The molecule has 2 aromatic heterocycles. The molecule has 0 aliphatic heterocycles. The number of nitrogens with two attached hydrogens (primary N) is 1. The van der Waals surface area contributed by atoms with Gasteiger partial charge in [-0.3, -0.25) is 9.97 Å². The van der Waals surface area contributed by atoms with Gasteiger partial charge in [-0.15, -0.1) is 0 Å². The number of pyridine rings is 2. The van der Waals surface area contributed by atoms with Crippen LogP contribution in [0.4, 0.5) is 0 Å². The lowest BCUT2D eigenvalue weighted by Crippen LogP contribution is -2.15. The van der Waals surface area contributed by atoms with Gasteiger partial charge in [0.05, 0.1) is 11.2 Å². The molecule has 0 radical (unpaired) electrons. The monoisotopic (exact) mass is 279 g/mol. The molecule has 0 aliphatic carbocycles. The second-order valence-electron chi connectivity index (χ2n) is 3.50. The average Bonchev–Trinajstić information content (AvgIpc) is 2.37. The first kappa shape index (κ1) is 12.7. The maximum absolute atomic E-state index is 5.81. The predicted octanol–water partition coefficient (Wildman–Crippen LogP) is 2.34. The first-order chi connectivity index (χ1) is 8.66. The number of rotatable bonds is 4. The number of hydrogen-bond donors (Lipinski definition) is 1. The molecular formula is C12H10ClN3OS. The molecule has 92 valence electrons. The Bertz CT molecular complexity index is 577. The molecule has 2 rings (SSSR count). The summed E-state index contributed by atoms with van der Waals surface area (Å²) in [7, 11) is 0. The highest BCUT2D eigenvalue weighted by atomic mass is 35.5. The molecule has 0 saturated carbocycles. The lowest BCUT2D eigenvalue weighted by atomic mass is 10.2. The normalized spacial score (nSPS) is 10.1. The van der Waals surface area contributed by atoms with Gasteiger partial charge in [-0.25, -0.2) is 0 Å². The molecule has 2 aromatic rings. The van der Waals surface area contributed by atoms with E-state index < -0.39 is 0 Å². The van der Waals surface area contributed by atoms with Gasteiger partial charge in [-0.1, -0.05) is 29.9 Å². The standard InChI is InChI=1S/C12H10ClN3OS/c13-9-4-10(6-15-5-9)17-7-8-2-1-3-16-11(8)12(14)18/h1-6H,7H2,(H2,14,18). The van der Waals surface area contributed by atoms with Crippen LogP contribution in [0.2, 0.25) is 5.02 Å². The summed E-state index contributed by atoms with van der Waals surface area (Å²) in [5.41, 5.74) is 6.98. The van der Waals surface area contributed by atoms with E-state index in [0.717, 1.165) is 5.56 Å². The number of nitrogens with zero attached hydrogens (tertiary/aromatic N) is 2. The van der Waals surface area contributed by atoms with E-state index in [4.69, 9.17) is 34.3 Å². The first-order valence-corrected chi connectivity index (χ1v) is 5.92. The summed E-state index contributed by atoms with van der Waals surface area (Å²) in [5.74, 6) is 0.584. The van der Waals surface area contributed by atoms with E-state index in [-0.39, 0.29) is 4.99 Å². The van der Waals surface area contributed by atoms with Crippen LogP contribution in [0.1, 0.15) is 11.3 Å². The summed E-state index contributed by atoms with van der Waals surface area (Å²) in [6.45, 7) is 0.308.